The Morgan fingerprint density at radius 2 is 2.00 bits per heavy atom. The highest BCUT2D eigenvalue weighted by molar-refractivity contribution is 5.79. The Kier molecular flexibility index (Phi) is 5.01. The van der Waals surface area contributed by atoms with E-state index in [1.54, 1.807) is 19.0 Å². The molecule has 1 amide bonds. The summed E-state index contributed by atoms with van der Waals surface area (Å²) < 4.78 is 0. The highest BCUT2D eigenvalue weighted by Gasteiger charge is 2.13. The lowest BCUT2D eigenvalue weighted by Gasteiger charge is -2.11. The third kappa shape index (κ3) is 6.06. The average molecular weight is 190 g/mol. The molecule has 0 bridgehead atoms. The molecule has 13 heavy (non-hydrogen) atoms. The first-order chi connectivity index (χ1) is 5.93. The SMILES string of the molecule is CN(C)CC(=O)NCC(O)C(=O)O. The molecule has 0 aromatic rings. The van der Waals surface area contributed by atoms with Gasteiger partial charge in [0.05, 0.1) is 13.1 Å². The molecular formula is C7H14N2O4. The topological polar surface area (TPSA) is 89.9 Å². The van der Waals surface area contributed by atoms with Crippen LogP contribution in [0.2, 0.25) is 0 Å². The molecule has 76 valence electrons. The van der Waals surface area contributed by atoms with Crippen molar-refractivity contribution in [2.75, 3.05) is 27.2 Å². The van der Waals surface area contributed by atoms with Crippen LogP contribution in [0.4, 0.5) is 0 Å². The molecule has 0 heterocycles. The zero-order valence-electron chi connectivity index (χ0n) is 7.65. The lowest BCUT2D eigenvalue weighted by molar-refractivity contribution is -0.146. The van der Waals surface area contributed by atoms with Gasteiger partial charge in [-0.05, 0) is 14.1 Å². The molecule has 3 N–H and O–H groups in total. The van der Waals surface area contributed by atoms with Crippen LogP contribution in [0.25, 0.3) is 0 Å². The van der Waals surface area contributed by atoms with Crippen molar-refractivity contribution in [1.82, 2.24) is 10.2 Å². The molecule has 0 saturated heterocycles. The number of nitrogens with one attached hydrogen (secondary N) is 1. The van der Waals surface area contributed by atoms with Gasteiger partial charge in [0.2, 0.25) is 5.91 Å². The number of likely N-dealkylation sites (N-methyl/N-ethyl adjacent to an activating group) is 1. The first kappa shape index (κ1) is 11.9. The van der Waals surface area contributed by atoms with Crippen LogP contribution in [0.1, 0.15) is 0 Å². The predicted molar refractivity (Wildman–Crippen MR) is 45.2 cm³/mol. The molecule has 0 aromatic heterocycles. The lowest BCUT2D eigenvalue weighted by Crippen LogP contribution is -2.40. The van der Waals surface area contributed by atoms with Gasteiger partial charge in [-0.3, -0.25) is 4.79 Å². The first-order valence-corrected chi connectivity index (χ1v) is 3.75. The number of hydrogen-bond acceptors (Lipinski definition) is 4. The van der Waals surface area contributed by atoms with Crippen molar-refractivity contribution >= 4 is 11.9 Å². The monoisotopic (exact) mass is 190 g/mol. The minimum Gasteiger partial charge on any atom is -0.479 e. The summed E-state index contributed by atoms with van der Waals surface area (Å²) >= 11 is 0. The van der Waals surface area contributed by atoms with Crippen LogP contribution in [-0.4, -0.2) is 60.3 Å². The third-order valence-electron chi connectivity index (χ3n) is 1.24. The Hall–Kier alpha value is -1.14. The largest absolute Gasteiger partial charge is 0.479 e. The van der Waals surface area contributed by atoms with Gasteiger partial charge in [-0.2, -0.15) is 0 Å². The van der Waals surface area contributed by atoms with E-state index >= 15 is 0 Å². The van der Waals surface area contributed by atoms with Crippen molar-refractivity contribution < 1.29 is 19.8 Å². The maximum Gasteiger partial charge on any atom is 0.334 e. The molecule has 6 heteroatoms. The maximum absolute atomic E-state index is 10.9. The standard InChI is InChI=1S/C7H14N2O4/c1-9(2)4-6(11)8-3-5(10)7(12)13/h5,10H,3-4H2,1-2H3,(H,8,11)(H,12,13). The van der Waals surface area contributed by atoms with E-state index in [0.29, 0.717) is 0 Å². The molecule has 0 aromatic carbocycles. The number of aliphatic carboxylic acids is 1. The molecule has 0 radical (unpaired) electrons. The Morgan fingerprint density at radius 3 is 2.38 bits per heavy atom. The fraction of sp³-hybridized carbons (Fsp3) is 0.714. The Labute approximate surface area is 76.2 Å². The van der Waals surface area contributed by atoms with Crippen molar-refractivity contribution in [2.24, 2.45) is 0 Å². The molecule has 1 atom stereocenters. The summed E-state index contributed by atoms with van der Waals surface area (Å²) in [5.41, 5.74) is 0. The number of aliphatic hydroxyl groups is 1. The van der Waals surface area contributed by atoms with Gasteiger partial charge in [0.1, 0.15) is 0 Å². The third-order valence-corrected chi connectivity index (χ3v) is 1.24. The number of carboxylic acids is 1. The normalized spacial score (nSPS) is 12.6. The lowest BCUT2D eigenvalue weighted by atomic mass is 10.3. The van der Waals surface area contributed by atoms with Gasteiger partial charge in [-0.25, -0.2) is 4.79 Å². The molecule has 0 rings (SSSR count). The molecule has 6 nitrogen and oxygen atoms in total. The van der Waals surface area contributed by atoms with Crippen LogP contribution < -0.4 is 5.32 Å². The van der Waals surface area contributed by atoms with Gasteiger partial charge in [0.25, 0.3) is 0 Å². The first-order valence-electron chi connectivity index (χ1n) is 3.75. The van der Waals surface area contributed by atoms with E-state index in [-0.39, 0.29) is 19.0 Å². The number of carbonyl (C=O) groups excluding carboxylic acids is 1. The van der Waals surface area contributed by atoms with Crippen LogP contribution in [-0.2, 0) is 9.59 Å². The van der Waals surface area contributed by atoms with E-state index < -0.39 is 12.1 Å². The van der Waals surface area contributed by atoms with E-state index in [2.05, 4.69) is 5.32 Å². The fourth-order valence-electron chi connectivity index (χ4n) is 0.641. The molecule has 0 aliphatic carbocycles. The number of aliphatic hydroxyl groups excluding tert-OH is 1. The summed E-state index contributed by atoms with van der Waals surface area (Å²) in [4.78, 5) is 22.7. The predicted octanol–water partition coefficient (Wildman–Crippen LogP) is -1.89. The molecule has 0 fully saturated rings. The molecular weight excluding hydrogens is 176 g/mol. The van der Waals surface area contributed by atoms with Crippen molar-refractivity contribution in [3.8, 4) is 0 Å². The van der Waals surface area contributed by atoms with Gasteiger partial charge in [-0.15, -0.1) is 0 Å². The zero-order valence-corrected chi connectivity index (χ0v) is 7.65. The zero-order chi connectivity index (χ0) is 10.4. The van der Waals surface area contributed by atoms with Crippen LogP contribution >= 0.6 is 0 Å². The van der Waals surface area contributed by atoms with Crippen molar-refractivity contribution in [3.63, 3.8) is 0 Å². The number of nitrogens with zero attached hydrogens (tertiary/aromatic N) is 1. The van der Waals surface area contributed by atoms with E-state index in [1.165, 1.54) is 0 Å². The summed E-state index contributed by atoms with van der Waals surface area (Å²) in [6.45, 7) is -0.0889. The van der Waals surface area contributed by atoms with Gasteiger partial charge in [0, 0.05) is 0 Å². The molecule has 0 saturated carbocycles. The van der Waals surface area contributed by atoms with Crippen molar-refractivity contribution in [3.05, 3.63) is 0 Å². The number of rotatable bonds is 5. The number of carboxylic acid groups (broad SMARTS) is 1. The number of hydrogen-bond donors (Lipinski definition) is 3. The van der Waals surface area contributed by atoms with Crippen molar-refractivity contribution in [1.29, 1.82) is 0 Å². The van der Waals surface area contributed by atoms with E-state index in [1.807, 2.05) is 0 Å². The minimum absolute atomic E-state index is 0.173. The number of amides is 1. The number of carbonyl (C=O) groups is 2. The van der Waals surface area contributed by atoms with Gasteiger partial charge >= 0.3 is 5.97 Å². The smallest absolute Gasteiger partial charge is 0.334 e. The Morgan fingerprint density at radius 1 is 1.46 bits per heavy atom. The molecule has 0 spiro atoms. The van der Waals surface area contributed by atoms with Crippen LogP contribution in [0.15, 0.2) is 0 Å². The Balaban J connectivity index is 3.64. The van der Waals surface area contributed by atoms with E-state index in [0.717, 1.165) is 0 Å². The van der Waals surface area contributed by atoms with E-state index in [4.69, 9.17) is 10.2 Å². The van der Waals surface area contributed by atoms with Crippen LogP contribution in [0.5, 0.6) is 0 Å². The summed E-state index contributed by atoms with van der Waals surface area (Å²) in [7, 11) is 3.43. The molecule has 0 aliphatic heterocycles. The quantitative estimate of drug-likeness (QED) is 0.471. The maximum atomic E-state index is 10.9. The highest BCUT2D eigenvalue weighted by Crippen LogP contribution is 1.80. The molecule has 0 aliphatic rings. The van der Waals surface area contributed by atoms with E-state index in [9.17, 15) is 9.59 Å². The molecule has 1 unspecified atom stereocenters. The summed E-state index contributed by atoms with van der Waals surface area (Å²) in [6, 6.07) is 0. The fourth-order valence-corrected chi connectivity index (χ4v) is 0.641. The van der Waals surface area contributed by atoms with Crippen molar-refractivity contribution in [2.45, 2.75) is 6.10 Å². The summed E-state index contributed by atoms with van der Waals surface area (Å²) in [6.07, 6.45) is -1.54. The summed E-state index contributed by atoms with van der Waals surface area (Å²) in [5.74, 6) is -1.66. The summed E-state index contributed by atoms with van der Waals surface area (Å²) in [5, 5.41) is 19.3. The second-order valence-electron chi connectivity index (χ2n) is 2.90. The van der Waals surface area contributed by atoms with Gasteiger partial charge in [0.15, 0.2) is 6.10 Å². The highest BCUT2D eigenvalue weighted by atomic mass is 16.4. The Bertz CT molecular complexity index is 193. The van der Waals surface area contributed by atoms with Crippen LogP contribution in [0, 0.1) is 0 Å². The van der Waals surface area contributed by atoms with Crippen LogP contribution in [0.3, 0.4) is 0 Å². The minimum atomic E-state index is -1.54. The average Bonchev–Trinajstić information content (AvgIpc) is 1.98. The second-order valence-corrected chi connectivity index (χ2v) is 2.90. The second kappa shape index (κ2) is 5.50. The van der Waals surface area contributed by atoms with Gasteiger partial charge < -0.3 is 20.4 Å². The van der Waals surface area contributed by atoms with Gasteiger partial charge in [-0.1, -0.05) is 0 Å².